The zero-order valence-electron chi connectivity index (χ0n) is 12.4. The molecule has 2 aromatic rings. The number of hydrogen-bond acceptors (Lipinski definition) is 6. The lowest BCUT2D eigenvalue weighted by atomic mass is 9.98. The van der Waals surface area contributed by atoms with E-state index in [2.05, 4.69) is 4.74 Å². The van der Waals surface area contributed by atoms with Gasteiger partial charge in [-0.1, -0.05) is 0 Å². The molecule has 2 aromatic carbocycles. The summed E-state index contributed by atoms with van der Waals surface area (Å²) in [4.78, 5) is 23.6. The van der Waals surface area contributed by atoms with Crippen molar-refractivity contribution in [1.29, 1.82) is 0 Å². The smallest absolute Gasteiger partial charge is 0.305 e. The summed E-state index contributed by atoms with van der Waals surface area (Å²) < 4.78 is 4.54. The van der Waals surface area contributed by atoms with Crippen molar-refractivity contribution in [2.24, 2.45) is 0 Å². The van der Waals surface area contributed by atoms with E-state index in [-0.39, 0.29) is 41.2 Å². The number of hydrogen-bond donors (Lipinski definition) is 3. The third-order valence-electron chi connectivity index (χ3n) is 3.39. The van der Waals surface area contributed by atoms with E-state index >= 15 is 0 Å². The molecule has 0 unspecified atom stereocenters. The Kier molecular flexibility index (Phi) is 4.85. The number of benzene rings is 2. The first kappa shape index (κ1) is 16.4. The summed E-state index contributed by atoms with van der Waals surface area (Å²) in [5.41, 5.74) is 0.718. The maximum absolute atomic E-state index is 12.4. The van der Waals surface area contributed by atoms with E-state index in [9.17, 15) is 24.9 Å². The molecule has 0 fully saturated rings. The molecule has 0 bridgehead atoms. The van der Waals surface area contributed by atoms with Crippen LogP contribution in [-0.4, -0.2) is 34.2 Å². The average molecular weight is 316 g/mol. The van der Waals surface area contributed by atoms with Gasteiger partial charge in [0.2, 0.25) is 0 Å². The van der Waals surface area contributed by atoms with Crippen LogP contribution in [0.1, 0.15) is 27.9 Å². The van der Waals surface area contributed by atoms with E-state index in [0.29, 0.717) is 5.56 Å². The van der Waals surface area contributed by atoms with Crippen LogP contribution in [0.5, 0.6) is 17.2 Å². The van der Waals surface area contributed by atoms with Crippen LogP contribution < -0.4 is 0 Å². The highest BCUT2D eigenvalue weighted by molar-refractivity contribution is 6.10. The Hall–Kier alpha value is -3.02. The fourth-order valence-corrected chi connectivity index (χ4v) is 2.13. The molecule has 120 valence electrons. The Morgan fingerprint density at radius 1 is 1.00 bits per heavy atom. The van der Waals surface area contributed by atoms with E-state index in [4.69, 9.17) is 0 Å². The highest BCUT2D eigenvalue weighted by Crippen LogP contribution is 2.27. The van der Waals surface area contributed by atoms with E-state index < -0.39 is 11.8 Å². The Balaban J connectivity index is 2.29. The van der Waals surface area contributed by atoms with Gasteiger partial charge in [-0.15, -0.1) is 0 Å². The van der Waals surface area contributed by atoms with E-state index in [0.717, 1.165) is 6.07 Å². The lowest BCUT2D eigenvalue weighted by Gasteiger charge is -2.08. The SMILES string of the molecule is COC(=O)CCc1cc(C(=O)c2ccc(O)cc2O)ccc1O. The van der Waals surface area contributed by atoms with Gasteiger partial charge >= 0.3 is 5.97 Å². The lowest BCUT2D eigenvalue weighted by Crippen LogP contribution is -2.05. The molecule has 0 atom stereocenters. The van der Waals surface area contributed by atoms with Crippen LogP contribution in [0.25, 0.3) is 0 Å². The van der Waals surface area contributed by atoms with Gasteiger partial charge < -0.3 is 20.1 Å². The molecule has 0 aromatic heterocycles. The highest BCUT2D eigenvalue weighted by atomic mass is 16.5. The third-order valence-corrected chi connectivity index (χ3v) is 3.39. The zero-order chi connectivity index (χ0) is 17.0. The fourth-order valence-electron chi connectivity index (χ4n) is 2.13. The molecule has 0 aliphatic carbocycles. The predicted octanol–water partition coefficient (Wildman–Crippen LogP) is 2.14. The summed E-state index contributed by atoms with van der Waals surface area (Å²) in [5, 5.41) is 28.8. The van der Waals surface area contributed by atoms with Gasteiger partial charge in [-0.05, 0) is 42.3 Å². The number of esters is 1. The minimum Gasteiger partial charge on any atom is -0.508 e. The van der Waals surface area contributed by atoms with Crippen molar-refractivity contribution in [3.63, 3.8) is 0 Å². The summed E-state index contributed by atoms with van der Waals surface area (Å²) in [7, 11) is 1.27. The van der Waals surface area contributed by atoms with Crippen molar-refractivity contribution >= 4 is 11.8 Å². The molecular formula is C17H16O6. The lowest BCUT2D eigenvalue weighted by molar-refractivity contribution is -0.140. The summed E-state index contributed by atoms with van der Waals surface area (Å²) in [6.07, 6.45) is 0.299. The Morgan fingerprint density at radius 2 is 1.74 bits per heavy atom. The fraction of sp³-hybridized carbons (Fsp3) is 0.176. The van der Waals surface area contributed by atoms with Crippen LogP contribution in [0, 0.1) is 0 Å². The van der Waals surface area contributed by atoms with Crippen molar-refractivity contribution in [3.05, 3.63) is 53.1 Å². The van der Waals surface area contributed by atoms with Crippen LogP contribution >= 0.6 is 0 Å². The van der Waals surface area contributed by atoms with E-state index in [1.54, 1.807) is 0 Å². The van der Waals surface area contributed by atoms with Crippen molar-refractivity contribution in [2.45, 2.75) is 12.8 Å². The topological polar surface area (TPSA) is 104 Å². The molecule has 0 aliphatic rings. The third kappa shape index (κ3) is 3.79. The van der Waals surface area contributed by atoms with E-state index in [1.165, 1.54) is 37.4 Å². The van der Waals surface area contributed by atoms with Gasteiger partial charge in [0, 0.05) is 18.1 Å². The monoisotopic (exact) mass is 316 g/mol. The number of rotatable bonds is 5. The number of aromatic hydroxyl groups is 3. The Bertz CT molecular complexity index is 751. The molecule has 6 nitrogen and oxygen atoms in total. The number of aryl methyl sites for hydroxylation is 1. The number of ketones is 1. The first-order valence-electron chi connectivity index (χ1n) is 6.87. The zero-order valence-corrected chi connectivity index (χ0v) is 12.4. The average Bonchev–Trinajstić information content (AvgIpc) is 2.53. The van der Waals surface area contributed by atoms with Crippen LogP contribution in [0.4, 0.5) is 0 Å². The largest absolute Gasteiger partial charge is 0.508 e. The number of methoxy groups -OCH3 is 1. The number of carbonyl (C=O) groups excluding carboxylic acids is 2. The number of phenols is 3. The molecule has 2 rings (SSSR count). The Morgan fingerprint density at radius 3 is 2.39 bits per heavy atom. The molecule has 23 heavy (non-hydrogen) atoms. The maximum Gasteiger partial charge on any atom is 0.305 e. The minimum atomic E-state index is -0.457. The molecular weight excluding hydrogens is 300 g/mol. The number of carbonyl (C=O) groups is 2. The molecule has 6 heteroatoms. The van der Waals surface area contributed by atoms with Crippen LogP contribution in [0.15, 0.2) is 36.4 Å². The van der Waals surface area contributed by atoms with Crippen LogP contribution in [0.2, 0.25) is 0 Å². The molecule has 0 saturated carbocycles. The summed E-state index contributed by atoms with van der Waals surface area (Å²) in [6.45, 7) is 0. The van der Waals surface area contributed by atoms with Crippen molar-refractivity contribution in [2.75, 3.05) is 7.11 Å². The van der Waals surface area contributed by atoms with Gasteiger partial charge in [0.1, 0.15) is 17.2 Å². The molecule has 0 spiro atoms. The standard InChI is InChI=1S/C17H16O6/c1-23-16(21)7-3-10-8-11(2-6-14(10)19)17(22)13-5-4-12(18)9-15(13)20/h2,4-6,8-9,18-20H,3,7H2,1H3. The van der Waals surface area contributed by atoms with E-state index in [1.807, 2.05) is 0 Å². The second-order valence-corrected chi connectivity index (χ2v) is 4.95. The second kappa shape index (κ2) is 6.83. The number of phenolic OH excluding ortho intramolecular Hbond substituents is 3. The maximum atomic E-state index is 12.4. The predicted molar refractivity (Wildman–Crippen MR) is 81.6 cm³/mol. The summed E-state index contributed by atoms with van der Waals surface area (Å²) in [5.74, 6) is -1.39. The first-order valence-corrected chi connectivity index (χ1v) is 6.87. The van der Waals surface area contributed by atoms with Crippen LogP contribution in [-0.2, 0) is 16.0 Å². The van der Waals surface area contributed by atoms with Gasteiger partial charge in [-0.25, -0.2) is 0 Å². The van der Waals surface area contributed by atoms with Gasteiger partial charge in [0.05, 0.1) is 12.7 Å². The minimum absolute atomic E-state index is 0.0274. The van der Waals surface area contributed by atoms with Gasteiger partial charge in [-0.3, -0.25) is 9.59 Å². The summed E-state index contributed by atoms with van der Waals surface area (Å²) in [6, 6.07) is 7.93. The summed E-state index contributed by atoms with van der Waals surface area (Å²) >= 11 is 0. The van der Waals surface area contributed by atoms with Gasteiger partial charge in [0.15, 0.2) is 5.78 Å². The Labute approximate surface area is 132 Å². The normalized spacial score (nSPS) is 10.3. The van der Waals surface area contributed by atoms with Crippen molar-refractivity contribution < 1.29 is 29.6 Å². The van der Waals surface area contributed by atoms with Crippen molar-refractivity contribution in [3.8, 4) is 17.2 Å². The van der Waals surface area contributed by atoms with Crippen LogP contribution in [0.3, 0.4) is 0 Å². The van der Waals surface area contributed by atoms with Crippen molar-refractivity contribution in [1.82, 2.24) is 0 Å². The molecule has 0 radical (unpaired) electrons. The molecule has 0 heterocycles. The van der Waals surface area contributed by atoms with Gasteiger partial charge in [-0.2, -0.15) is 0 Å². The highest BCUT2D eigenvalue weighted by Gasteiger charge is 2.16. The molecule has 3 N–H and O–H groups in total. The molecule has 0 saturated heterocycles. The number of ether oxygens (including phenoxy) is 1. The van der Waals surface area contributed by atoms with Gasteiger partial charge in [0.25, 0.3) is 0 Å². The molecule has 0 amide bonds. The molecule has 0 aliphatic heterocycles. The second-order valence-electron chi connectivity index (χ2n) is 4.95. The quantitative estimate of drug-likeness (QED) is 0.577. The first-order chi connectivity index (χ1) is 10.9.